The molecule has 6 rings (SSSR count). The fourth-order valence-corrected chi connectivity index (χ4v) is 5.40. The number of aliphatic hydroxyl groups excluding tert-OH is 1. The highest BCUT2D eigenvalue weighted by Crippen LogP contribution is 2.45. The Balaban J connectivity index is 1.49. The first-order valence-corrected chi connectivity index (χ1v) is 13.0. The Kier molecular flexibility index (Phi) is 6.97. The van der Waals surface area contributed by atoms with Gasteiger partial charge in [-0.05, 0) is 41.0 Å². The number of hydrogen-bond acceptors (Lipinski definition) is 5. The van der Waals surface area contributed by atoms with Crippen molar-refractivity contribution in [2.24, 2.45) is 0 Å². The second kappa shape index (κ2) is 10.8. The molecule has 0 fully saturated rings. The van der Waals surface area contributed by atoms with Crippen LogP contribution in [-0.2, 0) is 19.5 Å². The fraction of sp³-hybridized carbons (Fsp3) is 0.182. The number of rotatable bonds is 7. The van der Waals surface area contributed by atoms with Crippen LogP contribution in [0, 0.1) is 5.82 Å². The first-order chi connectivity index (χ1) is 19.1. The van der Waals surface area contributed by atoms with Crippen LogP contribution in [0.25, 0.3) is 10.9 Å². The summed E-state index contributed by atoms with van der Waals surface area (Å²) in [7, 11) is 1.65. The molecule has 0 radical (unpaired) electrons. The largest absolute Gasteiger partial charge is 0.496 e. The molecule has 39 heavy (non-hydrogen) atoms. The number of aliphatic hydroxyl groups is 1. The summed E-state index contributed by atoms with van der Waals surface area (Å²) in [4.78, 5) is 6.72. The van der Waals surface area contributed by atoms with E-state index in [1.807, 2.05) is 53.4 Å². The zero-order valence-corrected chi connectivity index (χ0v) is 21.6. The third kappa shape index (κ3) is 4.97. The first kappa shape index (κ1) is 25.0. The lowest BCUT2D eigenvalue weighted by Gasteiger charge is -2.36. The van der Waals surface area contributed by atoms with Crippen molar-refractivity contribution in [1.29, 1.82) is 0 Å². The number of fused-ring (bicyclic) bond motifs is 2. The minimum Gasteiger partial charge on any atom is -0.496 e. The van der Waals surface area contributed by atoms with Gasteiger partial charge in [0.2, 0.25) is 0 Å². The molecular weight excluding hydrogens is 491 g/mol. The summed E-state index contributed by atoms with van der Waals surface area (Å²) in [5.74, 6) is 1.10. The van der Waals surface area contributed by atoms with E-state index in [9.17, 15) is 9.50 Å². The topological polar surface area (TPSA) is 54.8 Å². The minimum absolute atomic E-state index is 0.283. The van der Waals surface area contributed by atoms with Crippen LogP contribution in [-0.4, -0.2) is 28.3 Å². The van der Waals surface area contributed by atoms with E-state index < -0.39 is 6.23 Å². The molecule has 4 aromatic carbocycles. The third-order valence-electron chi connectivity index (χ3n) is 7.29. The SMILES string of the molecule is COc1c2c(c(OC(c3ccccc3)c3ccccc3)c3ncccc13)CN(Cc1ccc(F)cc1)C(O)C2. The van der Waals surface area contributed by atoms with E-state index in [2.05, 4.69) is 24.3 Å². The maximum atomic E-state index is 13.5. The van der Waals surface area contributed by atoms with Crippen molar-refractivity contribution in [3.05, 3.63) is 137 Å². The zero-order chi connectivity index (χ0) is 26.8. The highest BCUT2D eigenvalue weighted by molar-refractivity contribution is 5.93. The molecule has 1 N–H and O–H groups in total. The van der Waals surface area contributed by atoms with E-state index in [0.29, 0.717) is 36.5 Å². The van der Waals surface area contributed by atoms with Crippen LogP contribution in [0.4, 0.5) is 4.39 Å². The van der Waals surface area contributed by atoms with Gasteiger partial charge in [-0.15, -0.1) is 0 Å². The number of methoxy groups -OCH3 is 1. The Morgan fingerprint density at radius 1 is 0.872 bits per heavy atom. The molecule has 1 aromatic heterocycles. The molecule has 6 heteroatoms. The number of halogens is 1. The molecule has 0 spiro atoms. The van der Waals surface area contributed by atoms with Gasteiger partial charge in [0.1, 0.15) is 29.4 Å². The Bertz CT molecular complexity index is 1540. The average molecular weight is 521 g/mol. The molecule has 0 aliphatic carbocycles. The van der Waals surface area contributed by atoms with Gasteiger partial charge >= 0.3 is 0 Å². The number of ether oxygens (including phenoxy) is 2. The maximum Gasteiger partial charge on any atom is 0.152 e. The van der Waals surface area contributed by atoms with E-state index >= 15 is 0 Å². The molecule has 2 heterocycles. The lowest BCUT2D eigenvalue weighted by molar-refractivity contribution is -0.0173. The predicted molar refractivity (Wildman–Crippen MR) is 149 cm³/mol. The lowest BCUT2D eigenvalue weighted by Crippen LogP contribution is -2.40. The van der Waals surface area contributed by atoms with Gasteiger partial charge in [-0.25, -0.2) is 4.39 Å². The molecular formula is C33H29FN2O3. The monoisotopic (exact) mass is 520 g/mol. The molecule has 1 unspecified atom stereocenters. The van der Waals surface area contributed by atoms with E-state index in [-0.39, 0.29) is 11.9 Å². The Morgan fingerprint density at radius 3 is 2.18 bits per heavy atom. The van der Waals surface area contributed by atoms with Gasteiger partial charge in [0.05, 0.1) is 7.11 Å². The quantitative estimate of drug-likeness (QED) is 0.268. The number of hydrogen-bond donors (Lipinski definition) is 1. The van der Waals surface area contributed by atoms with Crippen molar-refractivity contribution >= 4 is 10.9 Å². The van der Waals surface area contributed by atoms with E-state index in [4.69, 9.17) is 14.5 Å². The molecule has 0 amide bonds. The summed E-state index contributed by atoms with van der Waals surface area (Å²) in [5.41, 5.74) is 5.52. The summed E-state index contributed by atoms with van der Waals surface area (Å²) in [6.45, 7) is 0.881. The number of aromatic nitrogens is 1. The van der Waals surface area contributed by atoms with Gasteiger partial charge in [0.15, 0.2) is 5.75 Å². The summed E-state index contributed by atoms with van der Waals surface area (Å²) in [5, 5.41) is 12.0. The van der Waals surface area contributed by atoms with Gasteiger partial charge in [-0.2, -0.15) is 0 Å². The molecule has 5 nitrogen and oxygen atoms in total. The van der Waals surface area contributed by atoms with Crippen molar-refractivity contribution < 1.29 is 19.0 Å². The van der Waals surface area contributed by atoms with Gasteiger partial charge < -0.3 is 14.6 Å². The van der Waals surface area contributed by atoms with Crippen LogP contribution in [0.2, 0.25) is 0 Å². The second-order valence-electron chi connectivity index (χ2n) is 9.75. The second-order valence-corrected chi connectivity index (χ2v) is 9.75. The Hall–Kier alpha value is -4.26. The number of nitrogens with zero attached hydrogens (tertiary/aromatic N) is 2. The summed E-state index contributed by atoms with van der Waals surface area (Å²) >= 11 is 0. The highest BCUT2D eigenvalue weighted by Gasteiger charge is 2.33. The number of benzene rings is 4. The lowest BCUT2D eigenvalue weighted by atomic mass is 9.92. The summed E-state index contributed by atoms with van der Waals surface area (Å²) in [6, 6.07) is 30.5. The van der Waals surface area contributed by atoms with E-state index in [0.717, 1.165) is 33.2 Å². The van der Waals surface area contributed by atoms with Crippen molar-refractivity contribution in [2.75, 3.05) is 7.11 Å². The van der Waals surface area contributed by atoms with Crippen LogP contribution in [0.3, 0.4) is 0 Å². The van der Waals surface area contributed by atoms with Gasteiger partial charge in [-0.3, -0.25) is 9.88 Å². The van der Waals surface area contributed by atoms with Crippen molar-refractivity contribution in [3.63, 3.8) is 0 Å². The normalized spacial score (nSPS) is 15.3. The average Bonchev–Trinajstić information content (AvgIpc) is 2.98. The van der Waals surface area contributed by atoms with Crippen molar-refractivity contribution in [1.82, 2.24) is 9.88 Å². The van der Waals surface area contributed by atoms with Gasteiger partial charge in [0, 0.05) is 42.2 Å². The molecule has 5 aromatic rings. The zero-order valence-electron chi connectivity index (χ0n) is 21.6. The first-order valence-electron chi connectivity index (χ1n) is 13.0. The van der Waals surface area contributed by atoms with E-state index in [1.54, 1.807) is 25.4 Å². The maximum absolute atomic E-state index is 13.5. The standard InChI is InChI=1S/C33H29FN2O3/c1-38-32-26-13-8-18-35-30(26)33(39-31(23-9-4-2-5-10-23)24-11-6-3-7-12-24)28-21-36(29(37)19-27(28)32)20-22-14-16-25(34)17-15-22/h2-18,29,31,37H,19-21H2,1H3. The van der Waals surface area contributed by atoms with Gasteiger partial charge in [-0.1, -0.05) is 72.8 Å². The van der Waals surface area contributed by atoms with Crippen LogP contribution in [0.1, 0.15) is 33.9 Å². The Morgan fingerprint density at radius 2 is 1.54 bits per heavy atom. The summed E-state index contributed by atoms with van der Waals surface area (Å²) in [6.07, 6.45) is 1.02. The number of pyridine rings is 1. The van der Waals surface area contributed by atoms with Crippen LogP contribution in [0.5, 0.6) is 11.5 Å². The van der Waals surface area contributed by atoms with Crippen molar-refractivity contribution in [3.8, 4) is 11.5 Å². The van der Waals surface area contributed by atoms with Crippen LogP contribution < -0.4 is 9.47 Å². The molecule has 0 saturated heterocycles. The predicted octanol–water partition coefficient (Wildman–Crippen LogP) is 6.43. The smallest absolute Gasteiger partial charge is 0.152 e. The highest BCUT2D eigenvalue weighted by atomic mass is 19.1. The Labute approximate surface area is 227 Å². The molecule has 0 saturated carbocycles. The van der Waals surface area contributed by atoms with E-state index in [1.165, 1.54) is 12.1 Å². The fourth-order valence-electron chi connectivity index (χ4n) is 5.40. The van der Waals surface area contributed by atoms with Crippen LogP contribution >= 0.6 is 0 Å². The minimum atomic E-state index is -0.738. The van der Waals surface area contributed by atoms with Crippen molar-refractivity contribution in [2.45, 2.75) is 31.8 Å². The van der Waals surface area contributed by atoms with Crippen LogP contribution in [0.15, 0.2) is 103 Å². The van der Waals surface area contributed by atoms with Gasteiger partial charge in [0.25, 0.3) is 0 Å². The summed E-state index contributed by atoms with van der Waals surface area (Å²) < 4.78 is 26.4. The third-order valence-corrected chi connectivity index (χ3v) is 7.29. The molecule has 196 valence electrons. The molecule has 1 aliphatic rings. The molecule has 1 aliphatic heterocycles. The molecule has 1 atom stereocenters. The molecule has 0 bridgehead atoms.